The van der Waals surface area contributed by atoms with E-state index in [1.165, 1.54) is 22.4 Å². The molecule has 1 aliphatic rings. The van der Waals surface area contributed by atoms with Crippen molar-refractivity contribution < 1.29 is 4.79 Å². The number of amides is 1. The number of carbonyl (C=O) groups excluding carboxylic acids is 1. The second-order valence-corrected chi connectivity index (χ2v) is 8.65. The lowest BCUT2D eigenvalue weighted by Gasteiger charge is -2.39. The highest BCUT2D eigenvalue weighted by molar-refractivity contribution is 5.79. The van der Waals surface area contributed by atoms with Crippen LogP contribution in [0.2, 0.25) is 0 Å². The van der Waals surface area contributed by atoms with E-state index in [0.29, 0.717) is 13.0 Å². The molecule has 33 heavy (non-hydrogen) atoms. The average Bonchev–Trinajstić information content (AvgIpc) is 3.30. The Morgan fingerprint density at radius 2 is 1.42 bits per heavy atom. The van der Waals surface area contributed by atoms with Crippen LogP contribution in [0.1, 0.15) is 41.4 Å². The van der Waals surface area contributed by atoms with Gasteiger partial charge in [-0.1, -0.05) is 91.0 Å². The second-order valence-electron chi connectivity index (χ2n) is 8.65. The largest absolute Gasteiger partial charge is 0.356 e. The first-order chi connectivity index (χ1) is 16.2. The van der Waals surface area contributed by atoms with Crippen LogP contribution >= 0.6 is 0 Å². The molecule has 0 aliphatic heterocycles. The number of aromatic nitrogens is 2. The Labute approximate surface area is 195 Å². The summed E-state index contributed by atoms with van der Waals surface area (Å²) in [7, 11) is 0. The first kappa shape index (κ1) is 21.2. The number of rotatable bonds is 6. The van der Waals surface area contributed by atoms with Crippen LogP contribution in [0.4, 0.5) is 0 Å². The number of imidazole rings is 1. The molecule has 0 radical (unpaired) electrons. The number of fused-ring (bicyclic) bond motifs is 1. The molecule has 166 valence electrons. The van der Waals surface area contributed by atoms with Gasteiger partial charge in [0.1, 0.15) is 5.54 Å². The zero-order valence-electron chi connectivity index (χ0n) is 18.9. The minimum Gasteiger partial charge on any atom is -0.356 e. The van der Waals surface area contributed by atoms with Crippen LogP contribution in [0.3, 0.4) is 0 Å². The fraction of sp³-hybridized carbons (Fsp3) is 0.241. The maximum absolute atomic E-state index is 12.5. The van der Waals surface area contributed by atoms with Crippen LogP contribution in [-0.4, -0.2) is 22.0 Å². The van der Waals surface area contributed by atoms with Gasteiger partial charge in [-0.15, -0.1) is 0 Å². The Morgan fingerprint density at radius 3 is 1.91 bits per heavy atom. The van der Waals surface area contributed by atoms with Crippen molar-refractivity contribution in [1.29, 1.82) is 0 Å². The smallest absolute Gasteiger partial charge is 0.223 e. The molecule has 1 aliphatic carbocycles. The fourth-order valence-electron chi connectivity index (χ4n) is 5.28. The third-order valence-electron chi connectivity index (χ3n) is 6.78. The third kappa shape index (κ3) is 3.66. The van der Waals surface area contributed by atoms with Gasteiger partial charge in [0, 0.05) is 24.6 Å². The summed E-state index contributed by atoms with van der Waals surface area (Å²) in [5.74, 6) is 0.124. The molecule has 0 spiro atoms. The van der Waals surface area contributed by atoms with Gasteiger partial charge in [-0.3, -0.25) is 4.79 Å². The van der Waals surface area contributed by atoms with Crippen LogP contribution in [0.5, 0.6) is 0 Å². The average molecular weight is 436 g/mol. The Morgan fingerprint density at radius 1 is 0.909 bits per heavy atom. The number of hydrogen-bond donors (Lipinski definition) is 1. The van der Waals surface area contributed by atoms with Crippen LogP contribution in [-0.2, 0) is 23.2 Å². The lowest BCUT2D eigenvalue weighted by Crippen LogP contribution is -2.40. The van der Waals surface area contributed by atoms with Gasteiger partial charge in [0.25, 0.3) is 0 Å². The molecule has 1 unspecified atom stereocenters. The molecule has 5 rings (SSSR count). The maximum Gasteiger partial charge on any atom is 0.223 e. The first-order valence-corrected chi connectivity index (χ1v) is 11.7. The number of nitrogens with one attached hydrogen (secondary N) is 1. The lowest BCUT2D eigenvalue weighted by atomic mass is 9.76. The zero-order valence-corrected chi connectivity index (χ0v) is 18.9. The second kappa shape index (κ2) is 9.07. The van der Waals surface area contributed by atoms with Gasteiger partial charge in [-0.2, -0.15) is 0 Å². The summed E-state index contributed by atoms with van der Waals surface area (Å²) in [6, 6.07) is 32.0. The molecule has 0 saturated carbocycles. The highest BCUT2D eigenvalue weighted by Gasteiger charge is 2.41. The van der Waals surface area contributed by atoms with Crippen molar-refractivity contribution in [3.8, 4) is 0 Å². The summed E-state index contributed by atoms with van der Waals surface area (Å²) in [5, 5.41) is 2.99. The number of carbonyl (C=O) groups is 1. The van der Waals surface area contributed by atoms with E-state index in [2.05, 4.69) is 101 Å². The van der Waals surface area contributed by atoms with Crippen molar-refractivity contribution in [3.63, 3.8) is 0 Å². The normalized spacial score (nSPS) is 15.6. The Bertz CT molecular complexity index is 1120. The van der Waals surface area contributed by atoms with Gasteiger partial charge in [-0.05, 0) is 36.5 Å². The van der Waals surface area contributed by atoms with E-state index in [1.54, 1.807) is 0 Å². The summed E-state index contributed by atoms with van der Waals surface area (Å²) >= 11 is 0. The van der Waals surface area contributed by atoms with Crippen molar-refractivity contribution in [2.75, 3.05) is 6.54 Å². The molecule has 0 bridgehead atoms. The maximum atomic E-state index is 12.5. The highest BCUT2D eigenvalue weighted by atomic mass is 16.1. The van der Waals surface area contributed by atoms with Crippen molar-refractivity contribution in [2.45, 2.75) is 31.7 Å². The minimum atomic E-state index is -0.553. The monoisotopic (exact) mass is 435 g/mol. The molecule has 4 heteroatoms. The van der Waals surface area contributed by atoms with E-state index >= 15 is 0 Å². The molecule has 1 amide bonds. The van der Waals surface area contributed by atoms with Crippen LogP contribution in [0, 0.1) is 5.92 Å². The Hall–Kier alpha value is -3.66. The predicted octanol–water partition coefficient (Wildman–Crippen LogP) is 4.96. The van der Waals surface area contributed by atoms with Gasteiger partial charge in [0.2, 0.25) is 5.91 Å². The lowest BCUT2D eigenvalue weighted by molar-refractivity contribution is -0.125. The van der Waals surface area contributed by atoms with Gasteiger partial charge < -0.3 is 9.88 Å². The van der Waals surface area contributed by atoms with Crippen molar-refractivity contribution in [1.82, 2.24) is 14.9 Å². The summed E-state index contributed by atoms with van der Waals surface area (Å²) in [6.45, 7) is 2.63. The minimum absolute atomic E-state index is 0.0135. The van der Waals surface area contributed by atoms with E-state index < -0.39 is 5.54 Å². The summed E-state index contributed by atoms with van der Waals surface area (Å²) in [5.41, 5.74) is 5.26. The zero-order chi connectivity index (χ0) is 22.7. The van der Waals surface area contributed by atoms with Gasteiger partial charge in [0.15, 0.2) is 0 Å². The van der Waals surface area contributed by atoms with Gasteiger partial charge in [0.05, 0.1) is 12.0 Å². The topological polar surface area (TPSA) is 46.9 Å². The quantitative estimate of drug-likeness (QED) is 0.435. The standard InChI is InChI=1S/C29H29N3O/c1-2-30-28(33)22-18-19-27-26(20-22)31-21-32(27)29(23-12-6-3-7-13-23,24-14-8-4-9-15-24)25-16-10-5-11-17-25/h3-17,21-22H,2,18-20H2,1H3,(H,30,33). The predicted molar refractivity (Wildman–Crippen MR) is 131 cm³/mol. The summed E-state index contributed by atoms with van der Waals surface area (Å²) in [4.78, 5) is 17.4. The Balaban J connectivity index is 1.73. The molecule has 3 aromatic carbocycles. The van der Waals surface area contributed by atoms with Crippen molar-refractivity contribution in [3.05, 3.63) is 125 Å². The van der Waals surface area contributed by atoms with E-state index in [-0.39, 0.29) is 11.8 Å². The van der Waals surface area contributed by atoms with E-state index in [1.807, 2.05) is 13.3 Å². The molecule has 1 atom stereocenters. The van der Waals surface area contributed by atoms with Crippen molar-refractivity contribution >= 4 is 5.91 Å². The molecule has 4 nitrogen and oxygen atoms in total. The van der Waals surface area contributed by atoms with E-state index in [0.717, 1.165) is 18.5 Å². The summed E-state index contributed by atoms with van der Waals surface area (Å²) < 4.78 is 2.36. The van der Waals surface area contributed by atoms with Crippen molar-refractivity contribution in [2.24, 2.45) is 5.92 Å². The van der Waals surface area contributed by atoms with Gasteiger partial charge >= 0.3 is 0 Å². The molecule has 0 saturated heterocycles. The van der Waals surface area contributed by atoms with E-state index in [9.17, 15) is 4.79 Å². The molecular formula is C29H29N3O. The van der Waals surface area contributed by atoms with Crippen LogP contribution in [0.25, 0.3) is 0 Å². The van der Waals surface area contributed by atoms with Crippen LogP contribution in [0.15, 0.2) is 97.3 Å². The highest BCUT2D eigenvalue weighted by Crippen LogP contribution is 2.43. The number of benzene rings is 3. The third-order valence-corrected chi connectivity index (χ3v) is 6.78. The molecule has 1 aromatic heterocycles. The van der Waals surface area contributed by atoms with Gasteiger partial charge in [-0.25, -0.2) is 4.98 Å². The molecule has 1 heterocycles. The number of hydrogen-bond acceptors (Lipinski definition) is 2. The molecule has 0 fully saturated rings. The Kier molecular flexibility index (Phi) is 5.82. The number of nitrogens with zero attached hydrogens (tertiary/aromatic N) is 2. The summed E-state index contributed by atoms with van der Waals surface area (Å²) in [6.07, 6.45) is 4.32. The fourth-order valence-corrected chi connectivity index (χ4v) is 5.28. The molecule has 4 aromatic rings. The first-order valence-electron chi connectivity index (χ1n) is 11.7. The molecule has 1 N–H and O–H groups in total. The molecular weight excluding hydrogens is 406 g/mol. The van der Waals surface area contributed by atoms with Crippen LogP contribution < -0.4 is 5.32 Å². The van der Waals surface area contributed by atoms with E-state index in [4.69, 9.17) is 4.98 Å². The SMILES string of the molecule is CCNC(=O)C1CCc2c(ncn2C(c2ccccc2)(c2ccccc2)c2ccccc2)C1.